The van der Waals surface area contributed by atoms with Gasteiger partial charge in [0, 0.05) is 18.7 Å². The highest BCUT2D eigenvalue weighted by molar-refractivity contribution is 7.98. The van der Waals surface area contributed by atoms with Gasteiger partial charge in [0.25, 0.3) is 0 Å². The van der Waals surface area contributed by atoms with Crippen LogP contribution < -0.4 is 9.64 Å². The molecule has 0 atom stereocenters. The van der Waals surface area contributed by atoms with Gasteiger partial charge < -0.3 is 9.64 Å². The van der Waals surface area contributed by atoms with Gasteiger partial charge >= 0.3 is 0 Å². The fourth-order valence-corrected chi connectivity index (χ4v) is 4.54. The van der Waals surface area contributed by atoms with Crippen LogP contribution in [-0.4, -0.2) is 36.1 Å². The molecule has 2 aromatic heterocycles. The summed E-state index contributed by atoms with van der Waals surface area (Å²) in [6, 6.07) is 10.8. The first-order chi connectivity index (χ1) is 13.5. The van der Waals surface area contributed by atoms with Gasteiger partial charge in [-0.25, -0.2) is 4.52 Å². The number of pyridine rings is 1. The first kappa shape index (κ1) is 20.6. The van der Waals surface area contributed by atoms with Crippen LogP contribution in [0.5, 0.6) is 5.75 Å². The second kappa shape index (κ2) is 8.91. The van der Waals surface area contributed by atoms with E-state index in [4.69, 9.17) is 9.84 Å². The van der Waals surface area contributed by atoms with Gasteiger partial charge in [-0.3, -0.25) is 0 Å². The molecule has 3 aromatic rings. The standard InChI is InChI=1S/C23H31N3OS/c1-7-12-25(13-8-2)22-19-11-9-10-18(26(19)24-23(22)28-6)21-17(4)14-16(3)15-20(21)27-5/h9-11,14-15H,7-8,12-13H2,1-6H3. The normalized spacial score (nSPS) is 11.2. The summed E-state index contributed by atoms with van der Waals surface area (Å²) in [5.41, 5.74) is 6.99. The van der Waals surface area contributed by atoms with Crippen molar-refractivity contribution in [3.8, 4) is 17.0 Å². The number of methoxy groups -OCH3 is 1. The Hall–Kier alpha value is -2.14. The predicted molar refractivity (Wildman–Crippen MR) is 121 cm³/mol. The monoisotopic (exact) mass is 397 g/mol. The van der Waals surface area contributed by atoms with Gasteiger partial charge in [-0.2, -0.15) is 5.10 Å². The zero-order chi connectivity index (χ0) is 20.3. The topological polar surface area (TPSA) is 29.8 Å². The van der Waals surface area contributed by atoms with Crippen molar-refractivity contribution in [1.29, 1.82) is 0 Å². The van der Waals surface area contributed by atoms with Gasteiger partial charge in [-0.1, -0.05) is 26.0 Å². The van der Waals surface area contributed by atoms with E-state index < -0.39 is 0 Å². The number of hydrogen-bond acceptors (Lipinski definition) is 4. The quantitative estimate of drug-likeness (QED) is 0.438. The summed E-state index contributed by atoms with van der Waals surface area (Å²) >= 11 is 1.72. The van der Waals surface area contributed by atoms with Gasteiger partial charge in [0.1, 0.15) is 10.8 Å². The van der Waals surface area contributed by atoms with E-state index in [1.54, 1.807) is 18.9 Å². The van der Waals surface area contributed by atoms with Gasteiger partial charge in [0.05, 0.1) is 24.0 Å². The lowest BCUT2D eigenvalue weighted by Crippen LogP contribution is -2.25. The number of fused-ring (bicyclic) bond motifs is 1. The Morgan fingerprint density at radius 3 is 2.43 bits per heavy atom. The molecule has 1 aromatic carbocycles. The van der Waals surface area contributed by atoms with Gasteiger partial charge in [0.2, 0.25) is 0 Å². The molecule has 28 heavy (non-hydrogen) atoms. The molecule has 3 rings (SSSR count). The average molecular weight is 398 g/mol. The summed E-state index contributed by atoms with van der Waals surface area (Å²) in [7, 11) is 1.74. The fraction of sp³-hybridized carbons (Fsp3) is 0.435. The van der Waals surface area contributed by atoms with E-state index in [1.165, 1.54) is 16.8 Å². The zero-order valence-electron chi connectivity index (χ0n) is 17.9. The van der Waals surface area contributed by atoms with Crippen molar-refractivity contribution >= 4 is 23.0 Å². The second-order valence-corrected chi connectivity index (χ2v) is 8.01. The molecule has 0 spiro atoms. The number of hydrogen-bond donors (Lipinski definition) is 0. The van der Waals surface area contributed by atoms with Crippen LogP contribution in [-0.2, 0) is 0 Å². The summed E-state index contributed by atoms with van der Waals surface area (Å²) in [6.07, 6.45) is 4.35. The number of anilines is 1. The number of thioether (sulfide) groups is 1. The zero-order valence-corrected chi connectivity index (χ0v) is 18.7. The highest BCUT2D eigenvalue weighted by Gasteiger charge is 2.21. The first-order valence-electron chi connectivity index (χ1n) is 10.0. The number of aryl methyl sites for hydroxylation is 2. The van der Waals surface area contributed by atoms with E-state index in [0.29, 0.717) is 0 Å². The van der Waals surface area contributed by atoms with Crippen LogP contribution >= 0.6 is 11.8 Å². The molecular weight excluding hydrogens is 366 g/mol. The Balaban J connectivity index is 2.29. The molecule has 0 radical (unpaired) electrons. The molecule has 0 saturated carbocycles. The Kier molecular flexibility index (Phi) is 6.55. The largest absolute Gasteiger partial charge is 0.496 e. The van der Waals surface area contributed by atoms with Crippen LogP contribution in [0.25, 0.3) is 16.8 Å². The average Bonchev–Trinajstić information content (AvgIpc) is 3.06. The second-order valence-electron chi connectivity index (χ2n) is 7.21. The summed E-state index contributed by atoms with van der Waals surface area (Å²) in [6.45, 7) is 10.8. The van der Waals surface area contributed by atoms with Crippen LogP contribution in [0.4, 0.5) is 5.69 Å². The third kappa shape index (κ3) is 3.72. The molecular formula is C23H31N3OS. The Morgan fingerprint density at radius 1 is 1.11 bits per heavy atom. The lowest BCUT2D eigenvalue weighted by atomic mass is 10.0. The van der Waals surface area contributed by atoms with E-state index in [9.17, 15) is 0 Å². The number of aromatic nitrogens is 2. The van der Waals surface area contributed by atoms with Crippen LogP contribution in [0.1, 0.15) is 37.8 Å². The van der Waals surface area contributed by atoms with Crippen molar-refractivity contribution in [2.75, 3.05) is 31.4 Å². The van der Waals surface area contributed by atoms with Gasteiger partial charge in [-0.05, 0) is 62.3 Å². The molecule has 0 saturated heterocycles. The molecule has 0 N–H and O–H groups in total. The highest BCUT2D eigenvalue weighted by atomic mass is 32.2. The lowest BCUT2D eigenvalue weighted by molar-refractivity contribution is 0.415. The van der Waals surface area contributed by atoms with E-state index in [0.717, 1.165) is 53.5 Å². The third-order valence-corrected chi connectivity index (χ3v) is 5.68. The molecule has 5 heteroatoms. The molecule has 0 aliphatic rings. The molecule has 0 bridgehead atoms. The van der Waals surface area contributed by atoms with Gasteiger partial charge in [-0.15, -0.1) is 11.8 Å². The van der Waals surface area contributed by atoms with Crippen molar-refractivity contribution in [2.45, 2.75) is 45.6 Å². The summed E-state index contributed by atoms with van der Waals surface area (Å²) in [4.78, 5) is 2.48. The van der Waals surface area contributed by atoms with Crippen LogP contribution in [0.2, 0.25) is 0 Å². The number of rotatable bonds is 8. The minimum atomic E-state index is 0.895. The van der Waals surface area contributed by atoms with E-state index in [-0.39, 0.29) is 0 Å². The van der Waals surface area contributed by atoms with Crippen molar-refractivity contribution in [3.63, 3.8) is 0 Å². The molecule has 150 valence electrons. The molecule has 0 aliphatic heterocycles. The van der Waals surface area contributed by atoms with E-state index >= 15 is 0 Å². The molecule has 0 unspecified atom stereocenters. The summed E-state index contributed by atoms with van der Waals surface area (Å²) < 4.78 is 7.84. The van der Waals surface area contributed by atoms with E-state index in [1.807, 2.05) is 0 Å². The smallest absolute Gasteiger partial charge is 0.142 e. The molecule has 0 amide bonds. The molecule has 4 nitrogen and oxygen atoms in total. The van der Waals surface area contributed by atoms with Crippen molar-refractivity contribution in [2.24, 2.45) is 0 Å². The molecule has 0 fully saturated rings. The minimum absolute atomic E-state index is 0.895. The van der Waals surface area contributed by atoms with Crippen molar-refractivity contribution < 1.29 is 4.74 Å². The van der Waals surface area contributed by atoms with Crippen LogP contribution in [0.3, 0.4) is 0 Å². The molecule has 2 heterocycles. The number of ether oxygens (including phenoxy) is 1. The SMILES string of the molecule is CCCN(CCC)c1c(SC)nn2c(-c3c(C)cc(C)cc3OC)cccc12. The lowest BCUT2D eigenvalue weighted by Gasteiger charge is -2.23. The predicted octanol–water partition coefficient (Wildman–Crippen LogP) is 5.98. The Morgan fingerprint density at radius 2 is 1.82 bits per heavy atom. The van der Waals surface area contributed by atoms with Crippen LogP contribution in [0.15, 0.2) is 35.4 Å². The maximum Gasteiger partial charge on any atom is 0.142 e. The van der Waals surface area contributed by atoms with Gasteiger partial charge in [0.15, 0.2) is 0 Å². The van der Waals surface area contributed by atoms with Crippen molar-refractivity contribution in [1.82, 2.24) is 9.61 Å². The Bertz CT molecular complexity index is 958. The van der Waals surface area contributed by atoms with Crippen LogP contribution in [0, 0.1) is 13.8 Å². The maximum atomic E-state index is 5.74. The van der Waals surface area contributed by atoms with E-state index in [2.05, 4.69) is 73.7 Å². The first-order valence-corrected chi connectivity index (χ1v) is 11.2. The highest BCUT2D eigenvalue weighted by Crippen LogP contribution is 2.39. The number of nitrogens with zero attached hydrogens (tertiary/aromatic N) is 3. The minimum Gasteiger partial charge on any atom is -0.496 e. The third-order valence-electron chi connectivity index (χ3n) is 5.02. The fourth-order valence-electron chi connectivity index (χ4n) is 3.95. The summed E-state index contributed by atoms with van der Waals surface area (Å²) in [5, 5.41) is 6.10. The van der Waals surface area contributed by atoms with Crippen molar-refractivity contribution in [3.05, 3.63) is 41.5 Å². The summed E-state index contributed by atoms with van der Waals surface area (Å²) in [5.74, 6) is 0.895. The maximum absolute atomic E-state index is 5.74. The Labute approximate surface area is 172 Å². The number of benzene rings is 1. The molecule has 0 aliphatic carbocycles.